The Bertz CT molecular complexity index is 1280. The molecule has 2 aromatic heterocycles. The number of hydrogen-bond acceptors (Lipinski definition) is 12. The van der Waals surface area contributed by atoms with Crippen molar-refractivity contribution >= 4 is 114 Å². The number of aromatic nitrogens is 2. The van der Waals surface area contributed by atoms with Crippen molar-refractivity contribution in [3.05, 3.63) is 35.4 Å². The second-order valence-corrected chi connectivity index (χ2v) is 21.0. The number of benzene rings is 2. The Balaban J connectivity index is 1.42. The van der Waals surface area contributed by atoms with Gasteiger partial charge in [-0.25, -0.2) is 9.97 Å². The first-order valence-electron chi connectivity index (χ1n) is 13.2. The molecule has 218 valence electrons. The quantitative estimate of drug-likeness (QED) is 0.0603. The zero-order valence-electron chi connectivity index (χ0n) is 23.7. The first kappa shape index (κ1) is 32.8. The zero-order chi connectivity index (χ0) is 28.5. The molecule has 0 fully saturated rings. The number of fused-ring (bicyclic) bond motifs is 2. The lowest BCUT2D eigenvalue weighted by molar-refractivity contribution is -0.0430. The molecule has 4 aromatic rings. The standard InChI is InChI=1S/C26H36N2O4S6Si2/c1-7-9-15-19(39-25(29-3)30-4)13-11-17-21(15)27-23(33-17)35-37-38-36-24-28-22-16(10-8-2)20(14-12-18(22)34-24)40-26(31-5)32-6/h11-14,25-26H,7-10,39-40H2,1-6H3. The van der Waals surface area contributed by atoms with Crippen LogP contribution in [0.3, 0.4) is 0 Å². The van der Waals surface area contributed by atoms with Gasteiger partial charge in [-0.3, -0.25) is 0 Å². The van der Waals surface area contributed by atoms with Crippen LogP contribution in [-0.4, -0.2) is 69.3 Å². The van der Waals surface area contributed by atoms with E-state index in [0.717, 1.165) is 45.4 Å². The maximum Gasteiger partial charge on any atom is 0.162 e. The van der Waals surface area contributed by atoms with Gasteiger partial charge in [-0.1, -0.05) is 49.2 Å². The Morgan fingerprint density at radius 2 is 1.07 bits per heavy atom. The van der Waals surface area contributed by atoms with E-state index in [9.17, 15) is 0 Å². The van der Waals surface area contributed by atoms with Crippen molar-refractivity contribution < 1.29 is 18.9 Å². The number of nitrogens with zero attached hydrogens (tertiary/aromatic N) is 2. The molecule has 6 nitrogen and oxygen atoms in total. The summed E-state index contributed by atoms with van der Waals surface area (Å²) in [6.07, 6.45) is 4.25. The predicted molar refractivity (Wildman–Crippen MR) is 186 cm³/mol. The summed E-state index contributed by atoms with van der Waals surface area (Å²) < 4.78 is 26.8. The third-order valence-electron chi connectivity index (χ3n) is 6.55. The number of methoxy groups -OCH3 is 4. The SMILES string of the molecule is CCCc1c([SiH2]C(OC)OC)ccc2sc(SSSSc3nc4c(CCC)c([SiH2]C(OC)OC)ccc4s3)nc12. The Morgan fingerprint density at radius 3 is 1.43 bits per heavy atom. The molecule has 0 unspecified atom stereocenters. The maximum absolute atomic E-state index is 5.52. The summed E-state index contributed by atoms with van der Waals surface area (Å²) in [7, 11) is 12.4. The highest BCUT2D eigenvalue weighted by atomic mass is 33.7. The molecule has 0 saturated carbocycles. The molecule has 0 aliphatic heterocycles. The molecule has 4 rings (SSSR count). The first-order valence-corrected chi connectivity index (χ1v) is 22.7. The van der Waals surface area contributed by atoms with Gasteiger partial charge in [0.05, 0.1) is 20.4 Å². The van der Waals surface area contributed by atoms with Gasteiger partial charge in [0.15, 0.2) is 8.68 Å². The van der Waals surface area contributed by atoms with Crippen LogP contribution in [0.4, 0.5) is 0 Å². The average molecular weight is 689 g/mol. The molecule has 0 spiro atoms. The molecule has 0 saturated heterocycles. The summed E-state index contributed by atoms with van der Waals surface area (Å²) in [5, 5.41) is 2.79. The van der Waals surface area contributed by atoms with E-state index in [0.29, 0.717) is 0 Å². The van der Waals surface area contributed by atoms with Crippen molar-refractivity contribution in [3.8, 4) is 0 Å². The van der Waals surface area contributed by atoms with Gasteiger partial charge >= 0.3 is 0 Å². The smallest absolute Gasteiger partial charge is 0.162 e. The van der Waals surface area contributed by atoms with Crippen molar-refractivity contribution in [2.24, 2.45) is 0 Å². The minimum Gasteiger partial charge on any atom is -0.360 e. The molecule has 0 aliphatic rings. The Hall–Kier alpha value is -0.106. The van der Waals surface area contributed by atoms with E-state index >= 15 is 0 Å². The fraction of sp³-hybridized carbons (Fsp3) is 0.462. The summed E-state index contributed by atoms with van der Waals surface area (Å²) >= 11 is 3.55. The maximum atomic E-state index is 5.52. The molecule has 0 N–H and O–H groups in total. The summed E-state index contributed by atoms with van der Waals surface area (Å²) in [5.41, 5.74) is 5.06. The zero-order valence-corrected chi connectivity index (χ0v) is 31.4. The fourth-order valence-electron chi connectivity index (χ4n) is 4.62. The summed E-state index contributed by atoms with van der Waals surface area (Å²) in [5.74, 6) is -0.210. The van der Waals surface area contributed by atoms with Crippen molar-refractivity contribution in [3.63, 3.8) is 0 Å². The first-order chi connectivity index (χ1) is 19.5. The number of rotatable bonds is 17. The van der Waals surface area contributed by atoms with Crippen LogP contribution >= 0.6 is 63.9 Å². The Kier molecular flexibility index (Phi) is 13.7. The highest BCUT2D eigenvalue weighted by Gasteiger charge is 2.18. The average Bonchev–Trinajstić information content (AvgIpc) is 3.58. The van der Waals surface area contributed by atoms with Crippen LogP contribution in [0.25, 0.3) is 20.4 Å². The normalized spacial score (nSPS) is 12.7. The van der Waals surface area contributed by atoms with Crippen molar-refractivity contribution in [2.45, 2.75) is 60.0 Å². The van der Waals surface area contributed by atoms with Crippen molar-refractivity contribution in [1.82, 2.24) is 9.97 Å². The van der Waals surface area contributed by atoms with Crippen LogP contribution in [0.15, 0.2) is 32.9 Å². The Morgan fingerprint density at radius 1 is 0.675 bits per heavy atom. The summed E-state index contributed by atoms with van der Waals surface area (Å²) in [6.45, 7) is 4.46. The van der Waals surface area contributed by atoms with Gasteiger partial charge in [-0.05, 0) is 77.3 Å². The lowest BCUT2D eigenvalue weighted by Crippen LogP contribution is -2.33. The second-order valence-electron chi connectivity index (χ2n) is 9.07. The van der Waals surface area contributed by atoms with Gasteiger partial charge in [0.2, 0.25) is 0 Å². The van der Waals surface area contributed by atoms with Gasteiger partial charge < -0.3 is 18.9 Å². The van der Waals surface area contributed by atoms with Crippen LogP contribution < -0.4 is 10.4 Å². The molecule has 2 heterocycles. The van der Waals surface area contributed by atoms with Gasteiger partial charge in [-0.2, -0.15) is 0 Å². The highest BCUT2D eigenvalue weighted by Crippen LogP contribution is 2.51. The van der Waals surface area contributed by atoms with E-state index in [2.05, 4.69) is 38.1 Å². The van der Waals surface area contributed by atoms with Crippen molar-refractivity contribution in [2.75, 3.05) is 28.4 Å². The lowest BCUT2D eigenvalue weighted by atomic mass is 10.1. The van der Waals surface area contributed by atoms with Crippen molar-refractivity contribution in [1.29, 1.82) is 0 Å². The Labute approximate surface area is 264 Å². The van der Waals surface area contributed by atoms with Gasteiger partial charge in [0, 0.05) is 28.4 Å². The number of hydrogen-bond donors (Lipinski definition) is 0. The third kappa shape index (κ3) is 8.29. The third-order valence-corrected chi connectivity index (χ3v) is 19.4. The van der Waals surface area contributed by atoms with E-state index in [1.165, 1.54) is 30.9 Å². The molecular formula is C26H36N2O4S6Si2. The summed E-state index contributed by atoms with van der Waals surface area (Å²) in [6, 6.07) is 8.99. The van der Waals surface area contributed by atoms with Crippen LogP contribution in [0, 0.1) is 0 Å². The molecule has 0 aliphatic carbocycles. The van der Waals surface area contributed by atoms with Crippen LogP contribution in [-0.2, 0) is 31.8 Å². The van der Waals surface area contributed by atoms with E-state index in [-0.39, 0.29) is 11.8 Å². The van der Waals surface area contributed by atoms with E-state index in [4.69, 9.17) is 28.9 Å². The van der Waals surface area contributed by atoms with Crippen LogP contribution in [0.5, 0.6) is 0 Å². The largest absolute Gasteiger partial charge is 0.360 e. The summed E-state index contributed by atoms with van der Waals surface area (Å²) in [4.78, 5) is 10.1. The molecule has 0 bridgehead atoms. The molecule has 14 heteroatoms. The molecular weight excluding hydrogens is 653 g/mol. The second kappa shape index (κ2) is 16.7. The minimum atomic E-state index is -0.719. The highest BCUT2D eigenvalue weighted by molar-refractivity contribution is 9.26. The van der Waals surface area contributed by atoms with Gasteiger partial charge in [0.1, 0.15) is 30.9 Å². The monoisotopic (exact) mass is 688 g/mol. The molecule has 0 amide bonds. The van der Waals surface area contributed by atoms with Gasteiger partial charge in [0.25, 0.3) is 0 Å². The van der Waals surface area contributed by atoms with Crippen LogP contribution in [0.2, 0.25) is 0 Å². The van der Waals surface area contributed by atoms with E-state index in [1.54, 1.807) is 92.4 Å². The number of ether oxygens (including phenoxy) is 4. The number of thiazole rings is 2. The topological polar surface area (TPSA) is 62.7 Å². The number of aryl methyl sites for hydroxylation is 2. The molecule has 40 heavy (non-hydrogen) atoms. The predicted octanol–water partition coefficient (Wildman–Crippen LogP) is 5.65. The van der Waals surface area contributed by atoms with Gasteiger partial charge in [-0.15, -0.1) is 22.7 Å². The molecule has 0 atom stereocenters. The van der Waals surface area contributed by atoms with E-state index in [1.807, 2.05) is 0 Å². The lowest BCUT2D eigenvalue weighted by Gasteiger charge is -2.15. The molecule has 2 aromatic carbocycles. The fourth-order valence-corrected chi connectivity index (χ4v) is 16.3. The van der Waals surface area contributed by atoms with Crippen LogP contribution in [0.1, 0.15) is 37.8 Å². The van der Waals surface area contributed by atoms with E-state index < -0.39 is 19.0 Å². The minimum absolute atomic E-state index is 0.105. The molecule has 0 radical (unpaired) electrons.